The molecule has 2 N–H and O–H groups in total. The van der Waals surface area contributed by atoms with Crippen molar-refractivity contribution in [3.63, 3.8) is 0 Å². The molecule has 1 rings (SSSR count). The number of benzene rings is 1. The van der Waals surface area contributed by atoms with E-state index in [1.54, 1.807) is 0 Å². The van der Waals surface area contributed by atoms with Crippen LogP contribution in [0.15, 0.2) is 24.3 Å². The number of rotatable bonds is 4. The first-order chi connectivity index (χ1) is 6.24. The van der Waals surface area contributed by atoms with Crippen LogP contribution in [0, 0.1) is 0 Å². The van der Waals surface area contributed by atoms with Crippen LogP contribution in [0.3, 0.4) is 0 Å². The van der Waals surface area contributed by atoms with Gasteiger partial charge in [-0.25, -0.2) is 0 Å². The molecule has 0 saturated carbocycles. The van der Waals surface area contributed by atoms with Crippen molar-refractivity contribution in [2.24, 2.45) is 5.73 Å². The standard InChI is InChI=1S/C11H16ClN/c1-2-5-10(13)8-9-6-3-4-7-11(9)12/h3-4,6-7,10H,2,5,8,13H2,1H3. The molecule has 1 atom stereocenters. The zero-order valence-corrected chi connectivity index (χ0v) is 8.72. The van der Waals surface area contributed by atoms with Gasteiger partial charge in [0.05, 0.1) is 0 Å². The van der Waals surface area contributed by atoms with E-state index in [1.807, 2.05) is 24.3 Å². The van der Waals surface area contributed by atoms with Crippen LogP contribution in [0.2, 0.25) is 5.02 Å². The molecule has 0 bridgehead atoms. The minimum Gasteiger partial charge on any atom is -0.327 e. The lowest BCUT2D eigenvalue weighted by Gasteiger charge is -2.10. The molecule has 0 aliphatic rings. The van der Waals surface area contributed by atoms with E-state index in [-0.39, 0.29) is 6.04 Å². The maximum Gasteiger partial charge on any atom is 0.0438 e. The van der Waals surface area contributed by atoms with E-state index in [0.717, 1.165) is 29.8 Å². The Bertz CT molecular complexity index is 260. The summed E-state index contributed by atoms with van der Waals surface area (Å²) in [7, 11) is 0. The van der Waals surface area contributed by atoms with E-state index < -0.39 is 0 Å². The maximum absolute atomic E-state index is 6.01. The molecule has 0 spiro atoms. The predicted molar refractivity (Wildman–Crippen MR) is 58.0 cm³/mol. The summed E-state index contributed by atoms with van der Waals surface area (Å²) >= 11 is 6.01. The average Bonchev–Trinajstić information content (AvgIpc) is 2.09. The van der Waals surface area contributed by atoms with Gasteiger partial charge in [0, 0.05) is 11.1 Å². The first-order valence-corrected chi connectivity index (χ1v) is 5.10. The third-order valence-corrected chi connectivity index (χ3v) is 2.47. The second-order valence-electron chi connectivity index (χ2n) is 3.34. The minimum atomic E-state index is 0.241. The van der Waals surface area contributed by atoms with E-state index in [4.69, 9.17) is 17.3 Å². The van der Waals surface area contributed by atoms with Gasteiger partial charge in [0.15, 0.2) is 0 Å². The molecule has 2 heteroatoms. The first-order valence-electron chi connectivity index (χ1n) is 4.73. The molecule has 0 amide bonds. The molecule has 1 aromatic rings. The highest BCUT2D eigenvalue weighted by atomic mass is 35.5. The molecule has 0 aliphatic heterocycles. The zero-order chi connectivity index (χ0) is 9.68. The lowest BCUT2D eigenvalue weighted by Crippen LogP contribution is -2.22. The van der Waals surface area contributed by atoms with Crippen LogP contribution >= 0.6 is 11.6 Å². The summed E-state index contributed by atoms with van der Waals surface area (Å²) in [5.74, 6) is 0. The number of halogens is 1. The van der Waals surface area contributed by atoms with Gasteiger partial charge in [0.1, 0.15) is 0 Å². The smallest absolute Gasteiger partial charge is 0.0438 e. The summed E-state index contributed by atoms with van der Waals surface area (Å²) in [6.45, 7) is 2.15. The molecule has 0 fully saturated rings. The van der Waals surface area contributed by atoms with Gasteiger partial charge in [-0.1, -0.05) is 43.1 Å². The van der Waals surface area contributed by atoms with Crippen molar-refractivity contribution in [2.75, 3.05) is 0 Å². The van der Waals surface area contributed by atoms with Crippen molar-refractivity contribution in [2.45, 2.75) is 32.2 Å². The molecule has 1 aromatic carbocycles. The average molecular weight is 198 g/mol. The highest BCUT2D eigenvalue weighted by Crippen LogP contribution is 2.17. The Morgan fingerprint density at radius 1 is 1.38 bits per heavy atom. The summed E-state index contributed by atoms with van der Waals surface area (Å²) in [4.78, 5) is 0. The van der Waals surface area contributed by atoms with E-state index in [9.17, 15) is 0 Å². The van der Waals surface area contributed by atoms with Gasteiger partial charge < -0.3 is 5.73 Å². The van der Waals surface area contributed by atoms with Crippen LogP contribution < -0.4 is 5.73 Å². The largest absolute Gasteiger partial charge is 0.327 e. The molecule has 13 heavy (non-hydrogen) atoms. The highest BCUT2D eigenvalue weighted by molar-refractivity contribution is 6.31. The van der Waals surface area contributed by atoms with Crippen LogP contribution in [0.25, 0.3) is 0 Å². The Balaban J connectivity index is 2.58. The summed E-state index contributed by atoms with van der Waals surface area (Å²) in [6.07, 6.45) is 3.07. The topological polar surface area (TPSA) is 26.0 Å². The van der Waals surface area contributed by atoms with Crippen molar-refractivity contribution in [3.8, 4) is 0 Å². The molecule has 1 unspecified atom stereocenters. The zero-order valence-electron chi connectivity index (χ0n) is 7.96. The quantitative estimate of drug-likeness (QED) is 0.789. The van der Waals surface area contributed by atoms with Gasteiger partial charge in [-0.3, -0.25) is 0 Å². The molecule has 1 nitrogen and oxygen atoms in total. The van der Waals surface area contributed by atoms with Crippen molar-refractivity contribution in [1.82, 2.24) is 0 Å². The first kappa shape index (κ1) is 10.6. The Labute approximate surface area is 84.9 Å². The van der Waals surface area contributed by atoms with E-state index in [1.165, 1.54) is 0 Å². The van der Waals surface area contributed by atoms with Crippen molar-refractivity contribution < 1.29 is 0 Å². The lowest BCUT2D eigenvalue weighted by atomic mass is 10.0. The molecule has 0 aromatic heterocycles. The van der Waals surface area contributed by atoms with Crippen molar-refractivity contribution in [1.29, 1.82) is 0 Å². The predicted octanol–water partition coefficient (Wildman–Crippen LogP) is 3.01. The summed E-state index contributed by atoms with van der Waals surface area (Å²) in [5, 5.41) is 0.828. The lowest BCUT2D eigenvalue weighted by molar-refractivity contribution is 0.600. The van der Waals surface area contributed by atoms with Crippen LogP contribution in [-0.4, -0.2) is 6.04 Å². The molecular weight excluding hydrogens is 182 g/mol. The van der Waals surface area contributed by atoms with Gasteiger partial charge in [0.25, 0.3) is 0 Å². The Kier molecular flexibility index (Phi) is 4.26. The second-order valence-corrected chi connectivity index (χ2v) is 3.75. The third-order valence-electron chi connectivity index (χ3n) is 2.10. The number of hydrogen-bond donors (Lipinski definition) is 1. The molecule has 0 heterocycles. The Morgan fingerprint density at radius 2 is 2.08 bits per heavy atom. The summed E-state index contributed by atoms with van der Waals surface area (Å²) in [6, 6.07) is 8.13. The fourth-order valence-electron chi connectivity index (χ4n) is 1.42. The Morgan fingerprint density at radius 3 is 2.69 bits per heavy atom. The van der Waals surface area contributed by atoms with E-state index in [0.29, 0.717) is 0 Å². The van der Waals surface area contributed by atoms with Crippen molar-refractivity contribution >= 4 is 11.6 Å². The van der Waals surface area contributed by atoms with Crippen LogP contribution in [0.1, 0.15) is 25.3 Å². The fraction of sp³-hybridized carbons (Fsp3) is 0.455. The van der Waals surface area contributed by atoms with Gasteiger partial charge in [0.2, 0.25) is 0 Å². The second kappa shape index (κ2) is 5.25. The van der Waals surface area contributed by atoms with Gasteiger partial charge >= 0.3 is 0 Å². The van der Waals surface area contributed by atoms with E-state index in [2.05, 4.69) is 6.92 Å². The van der Waals surface area contributed by atoms with Gasteiger partial charge in [-0.05, 0) is 24.5 Å². The monoisotopic (exact) mass is 197 g/mol. The van der Waals surface area contributed by atoms with Crippen LogP contribution in [-0.2, 0) is 6.42 Å². The SMILES string of the molecule is CCCC(N)Cc1ccccc1Cl. The van der Waals surface area contributed by atoms with Crippen molar-refractivity contribution in [3.05, 3.63) is 34.9 Å². The van der Waals surface area contributed by atoms with Gasteiger partial charge in [-0.2, -0.15) is 0 Å². The van der Waals surface area contributed by atoms with Gasteiger partial charge in [-0.15, -0.1) is 0 Å². The Hall–Kier alpha value is -0.530. The highest BCUT2D eigenvalue weighted by Gasteiger charge is 2.05. The number of nitrogens with two attached hydrogens (primary N) is 1. The molecule has 72 valence electrons. The minimum absolute atomic E-state index is 0.241. The van der Waals surface area contributed by atoms with E-state index >= 15 is 0 Å². The molecule has 0 aliphatic carbocycles. The molecular formula is C11H16ClN. The molecule has 0 radical (unpaired) electrons. The third kappa shape index (κ3) is 3.37. The molecule has 0 saturated heterocycles. The summed E-state index contributed by atoms with van der Waals surface area (Å²) in [5.41, 5.74) is 7.08. The van der Waals surface area contributed by atoms with Crippen LogP contribution in [0.5, 0.6) is 0 Å². The maximum atomic E-state index is 6.01. The van der Waals surface area contributed by atoms with Crippen LogP contribution in [0.4, 0.5) is 0 Å². The fourth-order valence-corrected chi connectivity index (χ4v) is 1.63. The normalized spacial score (nSPS) is 12.8. The summed E-state index contributed by atoms with van der Waals surface area (Å²) < 4.78 is 0. The number of hydrogen-bond acceptors (Lipinski definition) is 1.